The number of hydrogen-bond donors (Lipinski definition) is 0. The van der Waals surface area contributed by atoms with E-state index in [4.69, 9.17) is 18.9 Å². The molecule has 0 saturated carbocycles. The molecule has 1 aliphatic heterocycles. The lowest BCUT2D eigenvalue weighted by Crippen LogP contribution is -2.41. The number of fused-ring (bicyclic) bond motifs is 1. The average Bonchev–Trinajstić information content (AvgIpc) is 3.66. The number of aromatic nitrogens is 5. The lowest BCUT2D eigenvalue weighted by Gasteiger charge is -2.24. The van der Waals surface area contributed by atoms with Crippen LogP contribution in [0.2, 0.25) is 0 Å². The molecule has 1 aliphatic rings. The largest absolute Gasteiger partial charge is 0.459 e. The minimum atomic E-state index is -1.25. The van der Waals surface area contributed by atoms with Crippen LogP contribution in [-0.2, 0) is 18.9 Å². The van der Waals surface area contributed by atoms with Crippen molar-refractivity contribution in [2.75, 3.05) is 12.9 Å². The fourth-order valence-electron chi connectivity index (χ4n) is 4.64. The Morgan fingerprint density at radius 3 is 1.86 bits per heavy atom. The zero-order valence-corrected chi connectivity index (χ0v) is 24.1. The zero-order chi connectivity index (χ0) is 30.5. The van der Waals surface area contributed by atoms with Crippen LogP contribution in [0.25, 0.3) is 11.2 Å². The quantitative estimate of drug-likeness (QED) is 0.102. The molecule has 3 heterocycles. The molecule has 0 unspecified atom stereocenters. The molecule has 6 rings (SSSR count). The summed E-state index contributed by atoms with van der Waals surface area (Å²) in [6, 6.07) is 25.1. The van der Waals surface area contributed by atoms with Crippen LogP contribution in [-0.4, -0.2) is 74.0 Å². The number of nitrogens with zero attached hydrogens (tertiary/aromatic N) is 5. The third-order valence-corrected chi connectivity index (χ3v) is 7.45. The molecule has 1 saturated heterocycles. The van der Waals surface area contributed by atoms with Crippen molar-refractivity contribution in [3.8, 4) is 0 Å². The highest BCUT2D eigenvalue weighted by molar-refractivity contribution is 7.98. The average molecular weight is 612 g/mol. The first-order valence-corrected chi connectivity index (χ1v) is 14.8. The van der Waals surface area contributed by atoms with Crippen LogP contribution in [0.4, 0.5) is 0 Å². The standard InChI is InChI=1S/C31H25N5O7S/c1-44-27-23-26(32-18-33-27)35-36(34-23)28-25(43-31(39)21-15-9-4-10-16-21)24(42-30(38)20-13-7-3-8-14-20)22(41-28)17-40-29(37)19-11-5-2-6-12-19/h2-16,18,22,24-25,28H,17H2,1H3/t22-,24+,25+,28-/m0/s1. The number of hydrogen-bond acceptors (Lipinski definition) is 12. The molecule has 12 nitrogen and oxygen atoms in total. The van der Waals surface area contributed by atoms with Gasteiger partial charge in [0.25, 0.3) is 0 Å². The predicted molar refractivity (Wildman–Crippen MR) is 157 cm³/mol. The van der Waals surface area contributed by atoms with Crippen molar-refractivity contribution in [3.05, 3.63) is 114 Å². The summed E-state index contributed by atoms with van der Waals surface area (Å²) < 4.78 is 23.8. The molecule has 4 atom stereocenters. The Morgan fingerprint density at radius 2 is 1.30 bits per heavy atom. The van der Waals surface area contributed by atoms with Crippen molar-refractivity contribution in [2.24, 2.45) is 0 Å². The van der Waals surface area contributed by atoms with Gasteiger partial charge < -0.3 is 18.9 Å². The van der Waals surface area contributed by atoms with Crippen LogP contribution in [0.5, 0.6) is 0 Å². The monoisotopic (exact) mass is 611 g/mol. The molecule has 13 heteroatoms. The van der Waals surface area contributed by atoms with Gasteiger partial charge in [-0.05, 0) is 42.7 Å². The van der Waals surface area contributed by atoms with Crippen LogP contribution < -0.4 is 0 Å². The first kappa shape index (κ1) is 29.0. The molecule has 2 aromatic heterocycles. The van der Waals surface area contributed by atoms with E-state index < -0.39 is 42.4 Å². The maximum Gasteiger partial charge on any atom is 0.338 e. The first-order chi connectivity index (χ1) is 21.5. The van der Waals surface area contributed by atoms with Gasteiger partial charge in [0.2, 0.25) is 11.9 Å². The van der Waals surface area contributed by atoms with E-state index in [0.29, 0.717) is 16.1 Å². The number of carbonyl (C=O) groups excluding carboxylic acids is 3. The second kappa shape index (κ2) is 13.0. The van der Waals surface area contributed by atoms with E-state index >= 15 is 0 Å². The summed E-state index contributed by atoms with van der Waals surface area (Å²) in [7, 11) is 0. The third-order valence-electron chi connectivity index (χ3n) is 6.77. The molecular weight excluding hydrogens is 586 g/mol. The summed E-state index contributed by atoms with van der Waals surface area (Å²) >= 11 is 1.36. The van der Waals surface area contributed by atoms with Crippen LogP contribution in [0.3, 0.4) is 0 Å². The highest BCUT2D eigenvalue weighted by Crippen LogP contribution is 2.35. The number of thioether (sulfide) groups is 1. The maximum atomic E-state index is 13.3. The van der Waals surface area contributed by atoms with E-state index in [1.807, 2.05) is 6.26 Å². The second-order valence-electron chi connectivity index (χ2n) is 9.58. The van der Waals surface area contributed by atoms with Gasteiger partial charge in [-0.15, -0.1) is 26.8 Å². The summed E-state index contributed by atoms with van der Waals surface area (Å²) in [5.74, 6) is -1.98. The van der Waals surface area contributed by atoms with E-state index in [2.05, 4.69) is 20.2 Å². The lowest BCUT2D eigenvalue weighted by atomic mass is 10.1. The van der Waals surface area contributed by atoms with Gasteiger partial charge in [-0.25, -0.2) is 24.4 Å². The molecular formula is C31H25N5O7S. The first-order valence-electron chi connectivity index (χ1n) is 13.5. The van der Waals surface area contributed by atoms with Gasteiger partial charge in [-0.2, -0.15) is 0 Å². The normalized spacial score (nSPS) is 19.4. The van der Waals surface area contributed by atoms with Gasteiger partial charge in [0.15, 0.2) is 17.7 Å². The van der Waals surface area contributed by atoms with Crippen molar-refractivity contribution in [1.82, 2.24) is 25.0 Å². The van der Waals surface area contributed by atoms with E-state index in [1.54, 1.807) is 91.0 Å². The molecule has 222 valence electrons. The Labute approximate surface area is 255 Å². The number of esters is 3. The van der Waals surface area contributed by atoms with Crippen molar-refractivity contribution >= 4 is 40.8 Å². The zero-order valence-electron chi connectivity index (χ0n) is 23.3. The van der Waals surface area contributed by atoms with E-state index in [-0.39, 0.29) is 23.4 Å². The lowest BCUT2D eigenvalue weighted by molar-refractivity contribution is -0.0728. The van der Waals surface area contributed by atoms with E-state index in [0.717, 1.165) is 0 Å². The molecule has 0 spiro atoms. The highest BCUT2D eigenvalue weighted by atomic mass is 32.2. The van der Waals surface area contributed by atoms with Gasteiger partial charge in [0.05, 0.1) is 16.7 Å². The van der Waals surface area contributed by atoms with Crippen LogP contribution in [0.1, 0.15) is 37.3 Å². The Morgan fingerprint density at radius 1 is 0.750 bits per heavy atom. The van der Waals surface area contributed by atoms with Crippen molar-refractivity contribution in [2.45, 2.75) is 29.6 Å². The summed E-state index contributed by atoms with van der Waals surface area (Å²) in [4.78, 5) is 49.1. The van der Waals surface area contributed by atoms with Crippen molar-refractivity contribution in [1.29, 1.82) is 0 Å². The molecule has 0 amide bonds. The molecule has 0 N–H and O–H groups in total. The Bertz CT molecular complexity index is 1770. The van der Waals surface area contributed by atoms with Gasteiger partial charge in [0, 0.05) is 0 Å². The topological polar surface area (TPSA) is 145 Å². The fourth-order valence-corrected chi connectivity index (χ4v) is 5.12. The van der Waals surface area contributed by atoms with E-state index in [9.17, 15) is 14.4 Å². The number of rotatable bonds is 9. The van der Waals surface area contributed by atoms with Crippen LogP contribution >= 0.6 is 11.8 Å². The van der Waals surface area contributed by atoms with Gasteiger partial charge in [-0.1, -0.05) is 54.6 Å². The summed E-state index contributed by atoms with van der Waals surface area (Å²) in [5.41, 5.74) is 1.57. The molecule has 0 radical (unpaired) electrons. The molecule has 3 aromatic carbocycles. The molecule has 0 aliphatic carbocycles. The van der Waals surface area contributed by atoms with Gasteiger partial charge in [-0.3, -0.25) is 0 Å². The summed E-state index contributed by atoms with van der Waals surface area (Å²) in [6.07, 6.45) is -1.50. The van der Waals surface area contributed by atoms with Crippen molar-refractivity contribution < 1.29 is 33.3 Å². The number of benzene rings is 3. The molecule has 5 aromatic rings. The minimum Gasteiger partial charge on any atom is -0.459 e. The van der Waals surface area contributed by atoms with E-state index in [1.165, 1.54) is 22.9 Å². The fraction of sp³-hybridized carbons (Fsp3) is 0.194. The second-order valence-corrected chi connectivity index (χ2v) is 10.4. The molecule has 1 fully saturated rings. The smallest absolute Gasteiger partial charge is 0.338 e. The Balaban J connectivity index is 1.37. The van der Waals surface area contributed by atoms with Crippen LogP contribution in [0, 0.1) is 0 Å². The maximum absolute atomic E-state index is 13.3. The number of carbonyl (C=O) groups is 3. The number of ether oxygens (including phenoxy) is 4. The highest BCUT2D eigenvalue weighted by Gasteiger charge is 2.52. The third kappa shape index (κ3) is 6.14. The van der Waals surface area contributed by atoms with Gasteiger partial charge in [0.1, 0.15) is 24.1 Å². The Hall–Kier alpha value is -5.14. The molecule has 44 heavy (non-hydrogen) atoms. The predicted octanol–water partition coefficient (Wildman–Crippen LogP) is 4.15. The summed E-state index contributed by atoms with van der Waals surface area (Å²) in [6.45, 7) is -0.326. The van der Waals surface area contributed by atoms with Gasteiger partial charge >= 0.3 is 17.9 Å². The minimum absolute atomic E-state index is 0.270. The Kier molecular flexibility index (Phi) is 8.57. The summed E-state index contributed by atoms with van der Waals surface area (Å²) in [5, 5.41) is 9.58. The SMILES string of the molecule is CSc1ncnc2nn([C@H]3O[C@@H](COC(=O)c4ccccc4)[C@@H](OC(=O)c4ccccc4)[C@H]3OC(=O)c3ccccc3)nc12. The van der Waals surface area contributed by atoms with Crippen LogP contribution in [0.15, 0.2) is 102 Å². The molecule has 0 bridgehead atoms. The van der Waals surface area contributed by atoms with Crippen molar-refractivity contribution in [3.63, 3.8) is 0 Å².